The molecule has 0 heterocycles. The van der Waals surface area contributed by atoms with Gasteiger partial charge >= 0.3 is 12.1 Å². The minimum absolute atomic E-state index is 0.00272. The van der Waals surface area contributed by atoms with Crippen LogP contribution in [0, 0.1) is 10.1 Å². The van der Waals surface area contributed by atoms with Crippen LogP contribution >= 0.6 is 0 Å². The van der Waals surface area contributed by atoms with Crippen LogP contribution in [0.1, 0.15) is 25.0 Å². The van der Waals surface area contributed by atoms with Crippen LogP contribution in [0.4, 0.5) is 16.2 Å². The van der Waals surface area contributed by atoms with Crippen molar-refractivity contribution in [3.05, 3.63) is 69.8 Å². The third-order valence-electron chi connectivity index (χ3n) is 4.15. The van der Waals surface area contributed by atoms with Gasteiger partial charge in [-0.1, -0.05) is 30.4 Å². The maximum absolute atomic E-state index is 12.5. The number of anilines is 1. The van der Waals surface area contributed by atoms with E-state index < -0.39 is 23.0 Å². The van der Waals surface area contributed by atoms with Gasteiger partial charge in [0.1, 0.15) is 6.04 Å². The normalized spacial score (nSPS) is 11.7. The average Bonchev–Trinajstić information content (AvgIpc) is 2.73. The minimum atomic E-state index is -0.895. The number of benzene rings is 2. The third-order valence-corrected chi connectivity index (χ3v) is 4.15. The Kier molecular flexibility index (Phi) is 7.47. The lowest BCUT2D eigenvalue weighted by Gasteiger charge is -2.28. The van der Waals surface area contributed by atoms with Gasteiger partial charge in [0.25, 0.3) is 5.69 Å². The van der Waals surface area contributed by atoms with E-state index in [0.717, 1.165) is 5.56 Å². The van der Waals surface area contributed by atoms with E-state index >= 15 is 0 Å². The van der Waals surface area contributed by atoms with Crippen molar-refractivity contribution >= 4 is 35.6 Å². The van der Waals surface area contributed by atoms with Gasteiger partial charge < -0.3 is 9.47 Å². The smallest absolute Gasteiger partial charge is 0.415 e. The molecule has 8 nitrogen and oxygen atoms in total. The minimum Gasteiger partial charge on any atom is -0.467 e. The number of nitro groups is 1. The Labute approximate surface area is 168 Å². The molecular weight excluding hydrogens is 376 g/mol. The van der Waals surface area contributed by atoms with Gasteiger partial charge in [-0.25, -0.2) is 9.59 Å². The molecule has 0 saturated heterocycles. The van der Waals surface area contributed by atoms with Crippen LogP contribution in [0.15, 0.2) is 48.5 Å². The van der Waals surface area contributed by atoms with E-state index in [-0.39, 0.29) is 12.3 Å². The molecule has 0 aliphatic heterocycles. The third kappa shape index (κ3) is 5.41. The lowest BCUT2D eigenvalue weighted by atomic mass is 10.1. The average molecular weight is 398 g/mol. The lowest BCUT2D eigenvalue weighted by molar-refractivity contribution is -0.384. The number of nitro benzene ring substituents is 1. The second-order valence-electron chi connectivity index (χ2n) is 6.01. The molecule has 0 radical (unpaired) electrons. The van der Waals surface area contributed by atoms with Crippen molar-refractivity contribution in [2.75, 3.05) is 18.6 Å². The van der Waals surface area contributed by atoms with E-state index in [1.165, 1.54) is 24.1 Å². The molecule has 29 heavy (non-hydrogen) atoms. The number of methoxy groups -OCH3 is 1. The van der Waals surface area contributed by atoms with Gasteiger partial charge in [-0.05, 0) is 43.2 Å². The van der Waals surface area contributed by atoms with Gasteiger partial charge in [0.15, 0.2) is 0 Å². The van der Waals surface area contributed by atoms with Crippen LogP contribution in [0.3, 0.4) is 0 Å². The highest BCUT2D eigenvalue weighted by Gasteiger charge is 2.30. The SMILES string of the molecule is CCOC(=O)N(c1ccccc1C=Cc1ccc([N+](=O)[O-])cc1)C(C)C(=O)OC. The molecule has 0 aliphatic rings. The summed E-state index contributed by atoms with van der Waals surface area (Å²) in [5, 5.41) is 10.8. The van der Waals surface area contributed by atoms with Gasteiger partial charge in [0, 0.05) is 12.1 Å². The van der Waals surface area contributed by atoms with Crippen molar-refractivity contribution in [1.82, 2.24) is 0 Å². The Bertz CT molecular complexity index is 908. The van der Waals surface area contributed by atoms with Gasteiger partial charge in [0.05, 0.1) is 24.3 Å². The van der Waals surface area contributed by atoms with E-state index in [2.05, 4.69) is 0 Å². The van der Waals surface area contributed by atoms with Crippen LogP contribution < -0.4 is 4.90 Å². The molecule has 2 aromatic carbocycles. The number of nitrogens with zero attached hydrogens (tertiary/aromatic N) is 2. The first-order valence-corrected chi connectivity index (χ1v) is 8.94. The predicted molar refractivity (Wildman–Crippen MR) is 109 cm³/mol. The van der Waals surface area contributed by atoms with Crippen LogP contribution in [-0.2, 0) is 14.3 Å². The highest BCUT2D eigenvalue weighted by atomic mass is 16.6. The monoisotopic (exact) mass is 398 g/mol. The largest absolute Gasteiger partial charge is 0.467 e. The first kappa shape index (κ1) is 21.6. The number of amides is 1. The van der Waals surface area contributed by atoms with Crippen LogP contribution in [-0.4, -0.2) is 36.7 Å². The molecule has 0 fully saturated rings. The topological polar surface area (TPSA) is 99.0 Å². The highest BCUT2D eigenvalue weighted by molar-refractivity contribution is 5.98. The summed E-state index contributed by atoms with van der Waals surface area (Å²) in [6.45, 7) is 3.39. The molecule has 0 saturated carbocycles. The van der Waals surface area contributed by atoms with Crippen molar-refractivity contribution in [2.24, 2.45) is 0 Å². The summed E-state index contributed by atoms with van der Waals surface area (Å²) in [6.07, 6.45) is 2.85. The fourth-order valence-corrected chi connectivity index (χ4v) is 2.68. The molecular formula is C21H22N2O6. The van der Waals surface area contributed by atoms with E-state index in [4.69, 9.17) is 9.47 Å². The number of rotatable bonds is 7. The molecule has 0 N–H and O–H groups in total. The number of ether oxygens (including phenoxy) is 2. The van der Waals surface area contributed by atoms with Gasteiger partial charge in [-0.2, -0.15) is 0 Å². The molecule has 1 unspecified atom stereocenters. The molecule has 0 aliphatic carbocycles. The number of carbonyl (C=O) groups excluding carboxylic acids is 2. The molecule has 0 aromatic heterocycles. The van der Waals surface area contributed by atoms with Crippen LogP contribution in [0.5, 0.6) is 0 Å². The van der Waals surface area contributed by atoms with Gasteiger partial charge in [0.2, 0.25) is 0 Å². The predicted octanol–water partition coefficient (Wildman–Crippen LogP) is 4.29. The van der Waals surface area contributed by atoms with Crippen LogP contribution in [0.2, 0.25) is 0 Å². The summed E-state index contributed by atoms with van der Waals surface area (Å²) in [7, 11) is 1.25. The molecule has 1 amide bonds. The Morgan fingerprint density at radius 2 is 1.79 bits per heavy atom. The standard InChI is InChI=1S/C21H22N2O6/c1-4-29-21(25)22(15(2)20(24)28-3)19-8-6-5-7-17(19)12-9-16-10-13-18(14-11-16)23(26)27/h5-15H,4H2,1-3H3. The van der Waals surface area contributed by atoms with Crippen LogP contribution in [0.25, 0.3) is 12.2 Å². The Morgan fingerprint density at radius 3 is 2.38 bits per heavy atom. The summed E-state index contributed by atoms with van der Waals surface area (Å²) < 4.78 is 9.90. The van der Waals surface area contributed by atoms with Crippen molar-refractivity contribution in [3.8, 4) is 0 Å². The maximum atomic E-state index is 12.5. The quantitative estimate of drug-likeness (QED) is 0.299. The van der Waals surface area contributed by atoms with E-state index in [1.807, 2.05) is 0 Å². The maximum Gasteiger partial charge on any atom is 0.415 e. The van der Waals surface area contributed by atoms with E-state index in [1.54, 1.807) is 62.4 Å². The molecule has 152 valence electrons. The molecule has 8 heteroatoms. The summed E-state index contributed by atoms with van der Waals surface area (Å²) in [5.41, 5.74) is 1.88. The fraction of sp³-hybridized carbons (Fsp3) is 0.238. The fourth-order valence-electron chi connectivity index (χ4n) is 2.68. The van der Waals surface area contributed by atoms with Crippen molar-refractivity contribution in [2.45, 2.75) is 19.9 Å². The number of hydrogen-bond acceptors (Lipinski definition) is 6. The second-order valence-corrected chi connectivity index (χ2v) is 6.01. The van der Waals surface area contributed by atoms with E-state index in [9.17, 15) is 19.7 Å². The number of esters is 1. The Hall–Kier alpha value is -3.68. The van der Waals surface area contributed by atoms with E-state index in [0.29, 0.717) is 11.3 Å². The van der Waals surface area contributed by atoms with Gasteiger partial charge in [-0.3, -0.25) is 15.0 Å². The molecule has 0 bridgehead atoms. The first-order chi connectivity index (χ1) is 13.9. The highest BCUT2D eigenvalue weighted by Crippen LogP contribution is 2.26. The van der Waals surface area contributed by atoms with Gasteiger partial charge in [-0.15, -0.1) is 0 Å². The Balaban J connectivity index is 2.40. The number of carbonyl (C=O) groups is 2. The zero-order valence-electron chi connectivity index (χ0n) is 16.4. The molecule has 2 aromatic rings. The lowest BCUT2D eigenvalue weighted by Crippen LogP contribution is -2.44. The summed E-state index contributed by atoms with van der Waals surface area (Å²) in [5.74, 6) is -0.577. The molecule has 2 rings (SSSR count). The second kappa shape index (κ2) is 10.0. The molecule has 1 atom stereocenters. The number of para-hydroxylation sites is 1. The summed E-state index contributed by atoms with van der Waals surface area (Å²) in [6, 6.07) is 12.2. The Morgan fingerprint density at radius 1 is 1.14 bits per heavy atom. The molecule has 0 spiro atoms. The first-order valence-electron chi connectivity index (χ1n) is 8.94. The van der Waals surface area contributed by atoms with Crippen molar-refractivity contribution < 1.29 is 24.0 Å². The van der Waals surface area contributed by atoms with Crippen molar-refractivity contribution in [3.63, 3.8) is 0 Å². The number of non-ortho nitro benzene ring substituents is 1. The summed E-state index contributed by atoms with van der Waals surface area (Å²) in [4.78, 5) is 36.2. The summed E-state index contributed by atoms with van der Waals surface area (Å²) >= 11 is 0. The zero-order valence-corrected chi connectivity index (χ0v) is 16.4. The van der Waals surface area contributed by atoms with Crippen molar-refractivity contribution in [1.29, 1.82) is 0 Å². The number of hydrogen-bond donors (Lipinski definition) is 0. The zero-order chi connectivity index (χ0) is 21.4.